The van der Waals surface area contributed by atoms with Gasteiger partial charge >= 0.3 is 5.97 Å². The van der Waals surface area contributed by atoms with E-state index in [-0.39, 0.29) is 25.1 Å². The normalized spacial score (nSPS) is 13.7. The van der Waals surface area contributed by atoms with Crippen LogP contribution in [0, 0.1) is 0 Å². The maximum atomic E-state index is 10.5. The predicted molar refractivity (Wildman–Crippen MR) is 50.6 cm³/mol. The van der Waals surface area contributed by atoms with Crippen molar-refractivity contribution in [2.75, 3.05) is 13.2 Å². The van der Waals surface area contributed by atoms with Crippen LogP contribution in [0.5, 0.6) is 0 Å². The zero-order valence-corrected chi connectivity index (χ0v) is 8.53. The maximum Gasteiger partial charge on any atom is 0.304 e. The summed E-state index contributed by atoms with van der Waals surface area (Å²) in [6.07, 6.45) is 0.123. The zero-order valence-electron chi connectivity index (χ0n) is 8.53. The highest BCUT2D eigenvalue weighted by Gasteiger charge is 2.18. The van der Waals surface area contributed by atoms with Gasteiger partial charge in [0.05, 0.1) is 13.0 Å². The molecule has 0 spiro atoms. The highest BCUT2D eigenvalue weighted by molar-refractivity contribution is 5.67. The molecule has 4 heteroatoms. The molecule has 0 aliphatic carbocycles. The molecule has 0 aliphatic rings. The quantitative estimate of drug-likeness (QED) is 0.640. The number of carboxylic acids is 1. The summed E-state index contributed by atoms with van der Waals surface area (Å²) in [4.78, 5) is 12.4. The van der Waals surface area contributed by atoms with Crippen molar-refractivity contribution in [2.45, 2.75) is 39.3 Å². The molecule has 0 amide bonds. The average molecular weight is 189 g/mol. The number of aliphatic hydroxyl groups is 1. The Morgan fingerprint density at radius 2 is 1.92 bits per heavy atom. The minimum Gasteiger partial charge on any atom is -0.481 e. The molecule has 13 heavy (non-hydrogen) atoms. The molecule has 78 valence electrons. The van der Waals surface area contributed by atoms with Crippen LogP contribution in [0.25, 0.3) is 0 Å². The van der Waals surface area contributed by atoms with Gasteiger partial charge in [-0.15, -0.1) is 0 Å². The fraction of sp³-hybridized carbons (Fsp3) is 0.889. The first-order valence-electron chi connectivity index (χ1n) is 4.57. The van der Waals surface area contributed by atoms with E-state index in [1.165, 1.54) is 0 Å². The van der Waals surface area contributed by atoms with Crippen molar-refractivity contribution >= 4 is 5.97 Å². The number of hydrogen-bond acceptors (Lipinski definition) is 3. The fourth-order valence-corrected chi connectivity index (χ4v) is 1.47. The molecule has 4 nitrogen and oxygen atoms in total. The first-order valence-corrected chi connectivity index (χ1v) is 4.57. The van der Waals surface area contributed by atoms with Gasteiger partial charge in [0.1, 0.15) is 0 Å². The van der Waals surface area contributed by atoms with E-state index in [0.717, 1.165) is 0 Å². The number of aliphatic carboxylic acids is 1. The van der Waals surface area contributed by atoms with Crippen LogP contribution in [0.15, 0.2) is 0 Å². The third-order valence-corrected chi connectivity index (χ3v) is 2.06. The Labute approximate surface area is 79.2 Å². The van der Waals surface area contributed by atoms with Gasteiger partial charge in [0.15, 0.2) is 0 Å². The van der Waals surface area contributed by atoms with Crippen LogP contribution in [0.2, 0.25) is 0 Å². The second-order valence-corrected chi connectivity index (χ2v) is 3.50. The smallest absolute Gasteiger partial charge is 0.304 e. The molecular formula is C9H19NO3. The van der Waals surface area contributed by atoms with Crippen molar-refractivity contribution in [1.82, 2.24) is 4.90 Å². The molecule has 0 aromatic rings. The second kappa shape index (κ2) is 5.94. The molecule has 0 bridgehead atoms. The monoisotopic (exact) mass is 189 g/mol. The molecule has 1 unspecified atom stereocenters. The van der Waals surface area contributed by atoms with Gasteiger partial charge in [0, 0.05) is 18.6 Å². The molecule has 0 aliphatic heterocycles. The minimum absolute atomic E-state index is 0.0235. The van der Waals surface area contributed by atoms with E-state index in [1.54, 1.807) is 0 Å². The van der Waals surface area contributed by atoms with Crippen molar-refractivity contribution in [1.29, 1.82) is 0 Å². The Bertz CT molecular complexity index is 159. The summed E-state index contributed by atoms with van der Waals surface area (Å²) in [6, 6.07) is 0.242. The summed E-state index contributed by atoms with van der Waals surface area (Å²) in [5.74, 6) is -0.795. The topological polar surface area (TPSA) is 60.8 Å². The molecule has 0 rings (SSSR count). The Kier molecular flexibility index (Phi) is 5.66. The summed E-state index contributed by atoms with van der Waals surface area (Å²) >= 11 is 0. The first-order chi connectivity index (χ1) is 5.99. The summed E-state index contributed by atoms with van der Waals surface area (Å²) in [5, 5.41) is 17.4. The Balaban J connectivity index is 4.10. The van der Waals surface area contributed by atoms with E-state index in [4.69, 9.17) is 10.2 Å². The molecule has 1 atom stereocenters. The molecule has 0 saturated carbocycles. The van der Waals surface area contributed by atoms with Crippen LogP contribution in [-0.2, 0) is 4.79 Å². The highest BCUT2D eigenvalue weighted by Crippen LogP contribution is 2.07. The summed E-state index contributed by atoms with van der Waals surface area (Å²) in [7, 11) is 0. The summed E-state index contributed by atoms with van der Waals surface area (Å²) < 4.78 is 0. The van der Waals surface area contributed by atoms with Crippen molar-refractivity contribution in [3.63, 3.8) is 0 Å². The van der Waals surface area contributed by atoms with E-state index in [2.05, 4.69) is 0 Å². The molecule has 0 aromatic carbocycles. The summed E-state index contributed by atoms with van der Waals surface area (Å²) in [5.41, 5.74) is 0. The number of hydrogen-bond donors (Lipinski definition) is 2. The second-order valence-electron chi connectivity index (χ2n) is 3.50. The lowest BCUT2D eigenvalue weighted by Crippen LogP contribution is -2.41. The molecule has 0 aromatic heterocycles. The first kappa shape index (κ1) is 12.4. The number of carbonyl (C=O) groups is 1. The number of nitrogens with zero attached hydrogens (tertiary/aromatic N) is 1. The van der Waals surface area contributed by atoms with Crippen molar-refractivity contribution in [2.24, 2.45) is 0 Å². The highest BCUT2D eigenvalue weighted by atomic mass is 16.4. The van der Waals surface area contributed by atoms with Gasteiger partial charge in [-0.2, -0.15) is 0 Å². The van der Waals surface area contributed by atoms with Crippen molar-refractivity contribution < 1.29 is 15.0 Å². The Hall–Kier alpha value is -0.610. The minimum atomic E-state index is -0.795. The van der Waals surface area contributed by atoms with Gasteiger partial charge < -0.3 is 10.2 Å². The van der Waals surface area contributed by atoms with Crippen molar-refractivity contribution in [3.05, 3.63) is 0 Å². The number of carboxylic acid groups (broad SMARTS) is 1. The third kappa shape index (κ3) is 4.85. The van der Waals surface area contributed by atoms with Crippen LogP contribution in [0.3, 0.4) is 0 Å². The molecule has 0 heterocycles. The third-order valence-electron chi connectivity index (χ3n) is 2.06. The van der Waals surface area contributed by atoms with E-state index in [0.29, 0.717) is 6.54 Å². The van der Waals surface area contributed by atoms with Crippen LogP contribution < -0.4 is 0 Å². The van der Waals surface area contributed by atoms with Gasteiger partial charge in [-0.3, -0.25) is 9.69 Å². The SMILES string of the molecule is CC(C)N(CCO)C(C)CC(=O)O. The fourth-order valence-electron chi connectivity index (χ4n) is 1.47. The number of rotatable bonds is 6. The van der Waals surface area contributed by atoms with E-state index < -0.39 is 5.97 Å². The average Bonchev–Trinajstić information content (AvgIpc) is 1.97. The lowest BCUT2D eigenvalue weighted by molar-refractivity contribution is -0.138. The Morgan fingerprint density at radius 3 is 2.23 bits per heavy atom. The van der Waals surface area contributed by atoms with Crippen LogP contribution >= 0.6 is 0 Å². The van der Waals surface area contributed by atoms with Gasteiger partial charge in [-0.25, -0.2) is 0 Å². The van der Waals surface area contributed by atoms with E-state index in [1.807, 2.05) is 25.7 Å². The largest absolute Gasteiger partial charge is 0.481 e. The number of aliphatic hydroxyl groups excluding tert-OH is 1. The van der Waals surface area contributed by atoms with Crippen LogP contribution in [-0.4, -0.2) is 46.3 Å². The lowest BCUT2D eigenvalue weighted by Gasteiger charge is -2.31. The molecular weight excluding hydrogens is 170 g/mol. The predicted octanol–water partition coefficient (Wildman–Crippen LogP) is 0.552. The van der Waals surface area contributed by atoms with Gasteiger partial charge in [0.2, 0.25) is 0 Å². The molecule has 2 N–H and O–H groups in total. The standard InChI is InChI=1S/C9H19NO3/c1-7(2)10(4-5-11)8(3)6-9(12)13/h7-8,11H,4-6H2,1-3H3,(H,12,13). The van der Waals surface area contributed by atoms with Crippen LogP contribution in [0.4, 0.5) is 0 Å². The van der Waals surface area contributed by atoms with E-state index >= 15 is 0 Å². The molecule has 0 saturated heterocycles. The van der Waals surface area contributed by atoms with Gasteiger partial charge in [0.25, 0.3) is 0 Å². The van der Waals surface area contributed by atoms with Crippen LogP contribution in [0.1, 0.15) is 27.2 Å². The molecule has 0 radical (unpaired) electrons. The summed E-state index contributed by atoms with van der Waals surface area (Å²) in [6.45, 7) is 6.46. The molecule has 0 fully saturated rings. The lowest BCUT2D eigenvalue weighted by atomic mass is 10.1. The van der Waals surface area contributed by atoms with E-state index in [9.17, 15) is 4.79 Å². The van der Waals surface area contributed by atoms with Crippen molar-refractivity contribution in [3.8, 4) is 0 Å². The zero-order chi connectivity index (χ0) is 10.4. The van der Waals surface area contributed by atoms with Gasteiger partial charge in [-0.1, -0.05) is 0 Å². The van der Waals surface area contributed by atoms with Gasteiger partial charge in [-0.05, 0) is 20.8 Å². The Morgan fingerprint density at radius 1 is 1.38 bits per heavy atom. The maximum absolute atomic E-state index is 10.5.